The number of rotatable bonds is 4. The molecule has 0 saturated carbocycles. The highest BCUT2D eigenvalue weighted by molar-refractivity contribution is 5.76. The maximum atomic E-state index is 11.7. The minimum absolute atomic E-state index is 0.0874. The molecule has 5 heteroatoms. The van der Waals surface area contributed by atoms with Gasteiger partial charge >= 0.3 is 6.03 Å². The number of aliphatic hydroxyl groups is 1. The van der Waals surface area contributed by atoms with E-state index in [0.29, 0.717) is 6.04 Å². The second kappa shape index (κ2) is 5.45. The molecule has 104 valence electrons. The van der Waals surface area contributed by atoms with Crippen molar-refractivity contribution in [3.8, 4) is 0 Å². The summed E-state index contributed by atoms with van der Waals surface area (Å²) < 4.78 is 0. The van der Waals surface area contributed by atoms with E-state index in [-0.39, 0.29) is 6.03 Å². The number of hydrogen-bond acceptors (Lipinski definition) is 3. The first-order chi connectivity index (χ1) is 8.46. The lowest BCUT2D eigenvalue weighted by molar-refractivity contribution is 0.0474. The third-order valence-corrected chi connectivity index (χ3v) is 3.85. The van der Waals surface area contributed by atoms with Gasteiger partial charge in [-0.15, -0.1) is 0 Å². The first-order valence-corrected chi connectivity index (χ1v) is 6.95. The zero-order valence-electron chi connectivity index (χ0n) is 11.5. The van der Waals surface area contributed by atoms with Gasteiger partial charge in [-0.3, -0.25) is 0 Å². The van der Waals surface area contributed by atoms with Crippen LogP contribution in [-0.2, 0) is 0 Å². The standard InChI is InChI=1S/C13H25N3O2/c1-13(2,18)5-8-15-7-3-4-11(10-15)16-9-6-14-12(16)17/h11,18H,3-10H2,1-2H3,(H,14,17). The Balaban J connectivity index is 1.83. The Hall–Kier alpha value is -0.810. The highest BCUT2D eigenvalue weighted by Gasteiger charge is 2.31. The van der Waals surface area contributed by atoms with Gasteiger partial charge in [-0.2, -0.15) is 0 Å². The number of nitrogens with one attached hydrogen (secondary N) is 1. The second-order valence-electron chi connectivity index (χ2n) is 6.08. The van der Waals surface area contributed by atoms with Crippen LogP contribution in [0.15, 0.2) is 0 Å². The van der Waals surface area contributed by atoms with E-state index >= 15 is 0 Å². The van der Waals surface area contributed by atoms with Crippen LogP contribution in [0.1, 0.15) is 33.1 Å². The van der Waals surface area contributed by atoms with Gasteiger partial charge in [0.1, 0.15) is 0 Å². The molecule has 0 aromatic heterocycles. The molecule has 1 atom stereocenters. The minimum atomic E-state index is -0.599. The molecule has 5 nitrogen and oxygen atoms in total. The first kappa shape index (κ1) is 13.6. The van der Waals surface area contributed by atoms with Crippen LogP contribution < -0.4 is 5.32 Å². The normalized spacial score (nSPS) is 26.5. The molecule has 0 spiro atoms. The lowest BCUT2D eigenvalue weighted by atomic mass is 10.0. The molecule has 2 fully saturated rings. The van der Waals surface area contributed by atoms with Crippen molar-refractivity contribution in [3.05, 3.63) is 0 Å². The molecule has 0 bridgehead atoms. The summed E-state index contributed by atoms with van der Waals surface area (Å²) in [4.78, 5) is 16.0. The Bertz CT molecular complexity index is 301. The van der Waals surface area contributed by atoms with Crippen molar-refractivity contribution >= 4 is 6.03 Å². The van der Waals surface area contributed by atoms with E-state index < -0.39 is 5.60 Å². The van der Waals surface area contributed by atoms with Crippen LogP contribution in [0.25, 0.3) is 0 Å². The SMILES string of the molecule is CC(C)(O)CCN1CCCC(N2CCNC2=O)C1. The van der Waals surface area contributed by atoms with Gasteiger partial charge < -0.3 is 20.2 Å². The van der Waals surface area contributed by atoms with Crippen molar-refractivity contribution in [2.75, 3.05) is 32.7 Å². The van der Waals surface area contributed by atoms with E-state index in [1.807, 2.05) is 18.7 Å². The average molecular weight is 255 g/mol. The first-order valence-electron chi connectivity index (χ1n) is 6.95. The van der Waals surface area contributed by atoms with Gasteiger partial charge in [-0.25, -0.2) is 4.79 Å². The van der Waals surface area contributed by atoms with Gasteiger partial charge in [0, 0.05) is 32.2 Å². The fourth-order valence-corrected chi connectivity index (χ4v) is 2.76. The maximum absolute atomic E-state index is 11.7. The van der Waals surface area contributed by atoms with Gasteiger partial charge in [0.2, 0.25) is 0 Å². The molecule has 0 aromatic carbocycles. The fraction of sp³-hybridized carbons (Fsp3) is 0.923. The summed E-state index contributed by atoms with van der Waals surface area (Å²) >= 11 is 0. The van der Waals surface area contributed by atoms with E-state index in [4.69, 9.17) is 0 Å². The number of nitrogens with zero attached hydrogens (tertiary/aromatic N) is 2. The number of carbonyl (C=O) groups excluding carboxylic acids is 1. The zero-order valence-corrected chi connectivity index (χ0v) is 11.5. The van der Waals surface area contributed by atoms with Crippen LogP contribution in [0.2, 0.25) is 0 Å². The summed E-state index contributed by atoms with van der Waals surface area (Å²) in [6.07, 6.45) is 3.03. The third-order valence-electron chi connectivity index (χ3n) is 3.85. The van der Waals surface area contributed by atoms with E-state index in [0.717, 1.165) is 52.0 Å². The number of hydrogen-bond donors (Lipinski definition) is 2. The van der Waals surface area contributed by atoms with Crippen molar-refractivity contribution in [1.29, 1.82) is 0 Å². The molecule has 2 N–H and O–H groups in total. The van der Waals surface area contributed by atoms with Crippen LogP contribution >= 0.6 is 0 Å². The quantitative estimate of drug-likeness (QED) is 0.775. The van der Waals surface area contributed by atoms with Gasteiger partial charge in [-0.05, 0) is 39.7 Å². The monoisotopic (exact) mass is 255 g/mol. The third kappa shape index (κ3) is 3.59. The van der Waals surface area contributed by atoms with Crippen LogP contribution in [0, 0.1) is 0 Å². The predicted molar refractivity (Wildman–Crippen MR) is 70.5 cm³/mol. The van der Waals surface area contributed by atoms with Gasteiger partial charge in [0.25, 0.3) is 0 Å². The van der Waals surface area contributed by atoms with Crippen molar-refractivity contribution in [1.82, 2.24) is 15.1 Å². The molecule has 2 saturated heterocycles. The fourth-order valence-electron chi connectivity index (χ4n) is 2.76. The lowest BCUT2D eigenvalue weighted by Gasteiger charge is -2.37. The highest BCUT2D eigenvalue weighted by atomic mass is 16.3. The van der Waals surface area contributed by atoms with Crippen molar-refractivity contribution in [3.63, 3.8) is 0 Å². The van der Waals surface area contributed by atoms with E-state index in [1.54, 1.807) is 0 Å². The molecule has 2 amide bonds. The molecule has 18 heavy (non-hydrogen) atoms. The maximum Gasteiger partial charge on any atom is 0.317 e. The van der Waals surface area contributed by atoms with Gasteiger partial charge in [0.05, 0.1) is 5.60 Å². The number of piperidine rings is 1. The molecule has 0 radical (unpaired) electrons. The molecule has 2 aliphatic rings. The summed E-state index contributed by atoms with van der Waals surface area (Å²) in [7, 11) is 0. The van der Waals surface area contributed by atoms with Crippen molar-refractivity contribution < 1.29 is 9.90 Å². The average Bonchev–Trinajstić information content (AvgIpc) is 2.72. The molecule has 1 unspecified atom stereocenters. The summed E-state index contributed by atoms with van der Waals surface area (Å²) in [6.45, 7) is 8.26. The van der Waals surface area contributed by atoms with Crippen molar-refractivity contribution in [2.24, 2.45) is 0 Å². The minimum Gasteiger partial charge on any atom is -0.390 e. The van der Waals surface area contributed by atoms with Crippen LogP contribution in [0.5, 0.6) is 0 Å². The van der Waals surface area contributed by atoms with Crippen LogP contribution in [-0.4, -0.2) is 65.3 Å². The lowest BCUT2D eigenvalue weighted by Crippen LogP contribution is -2.49. The molecule has 2 aliphatic heterocycles. The number of likely N-dealkylation sites (tertiary alicyclic amines) is 1. The number of carbonyl (C=O) groups is 1. The van der Waals surface area contributed by atoms with E-state index in [9.17, 15) is 9.90 Å². The Morgan fingerprint density at radius 2 is 2.22 bits per heavy atom. The summed E-state index contributed by atoms with van der Waals surface area (Å²) in [5.41, 5.74) is -0.599. The summed E-state index contributed by atoms with van der Waals surface area (Å²) in [5, 5.41) is 12.6. The van der Waals surface area contributed by atoms with Crippen LogP contribution in [0.3, 0.4) is 0 Å². The molecule has 2 rings (SSSR count). The Labute approximate surface area is 109 Å². The van der Waals surface area contributed by atoms with Crippen molar-refractivity contribution in [2.45, 2.75) is 44.8 Å². The highest BCUT2D eigenvalue weighted by Crippen LogP contribution is 2.19. The Morgan fingerprint density at radius 3 is 2.83 bits per heavy atom. The summed E-state index contributed by atoms with van der Waals surface area (Å²) in [6, 6.07) is 0.437. The molecule has 0 aromatic rings. The molecular weight excluding hydrogens is 230 g/mol. The summed E-state index contributed by atoms with van der Waals surface area (Å²) in [5.74, 6) is 0. The molecule has 2 heterocycles. The molecular formula is C13H25N3O2. The smallest absolute Gasteiger partial charge is 0.317 e. The predicted octanol–water partition coefficient (Wildman–Crippen LogP) is 0.637. The zero-order chi connectivity index (χ0) is 13.2. The second-order valence-corrected chi connectivity index (χ2v) is 6.08. The van der Waals surface area contributed by atoms with Crippen LogP contribution in [0.4, 0.5) is 4.79 Å². The topological polar surface area (TPSA) is 55.8 Å². The molecule has 0 aliphatic carbocycles. The van der Waals surface area contributed by atoms with E-state index in [1.165, 1.54) is 0 Å². The Kier molecular flexibility index (Phi) is 4.12. The number of urea groups is 1. The van der Waals surface area contributed by atoms with E-state index in [2.05, 4.69) is 10.2 Å². The van der Waals surface area contributed by atoms with Gasteiger partial charge in [-0.1, -0.05) is 0 Å². The largest absolute Gasteiger partial charge is 0.390 e. The van der Waals surface area contributed by atoms with Gasteiger partial charge in [0.15, 0.2) is 0 Å². The number of amides is 2. The Morgan fingerprint density at radius 1 is 1.44 bits per heavy atom.